The lowest BCUT2D eigenvalue weighted by Crippen LogP contribution is -2.13. The Kier molecular flexibility index (Phi) is 2.87. The third kappa shape index (κ3) is 2.21. The maximum absolute atomic E-state index is 4.23. The Morgan fingerprint density at radius 3 is 3.24 bits per heavy atom. The molecule has 1 aliphatic heterocycles. The second kappa shape index (κ2) is 4.67. The van der Waals surface area contributed by atoms with E-state index in [-0.39, 0.29) is 0 Å². The number of fused-ring (bicyclic) bond motifs is 1. The molecule has 2 aromatic heterocycles. The van der Waals surface area contributed by atoms with Crippen LogP contribution >= 0.6 is 0 Å². The number of aromatic nitrogens is 4. The van der Waals surface area contributed by atoms with Gasteiger partial charge in [-0.2, -0.15) is 0 Å². The molecule has 3 heterocycles. The molecule has 2 aromatic rings. The van der Waals surface area contributed by atoms with Gasteiger partial charge in [-0.05, 0) is 31.8 Å². The van der Waals surface area contributed by atoms with Gasteiger partial charge in [0.1, 0.15) is 11.8 Å². The van der Waals surface area contributed by atoms with Crippen LogP contribution in [0.15, 0.2) is 12.7 Å². The zero-order chi connectivity index (χ0) is 11.5. The van der Waals surface area contributed by atoms with Crippen molar-refractivity contribution in [2.75, 3.05) is 25.0 Å². The van der Waals surface area contributed by atoms with Crippen LogP contribution in [0.3, 0.4) is 0 Å². The van der Waals surface area contributed by atoms with Crippen LogP contribution in [0.4, 0.5) is 5.82 Å². The van der Waals surface area contributed by atoms with E-state index in [0.29, 0.717) is 5.65 Å². The van der Waals surface area contributed by atoms with Crippen LogP contribution < -0.4 is 10.6 Å². The smallest absolute Gasteiger partial charge is 0.182 e. The molecule has 17 heavy (non-hydrogen) atoms. The molecule has 90 valence electrons. The lowest BCUT2D eigenvalue weighted by Gasteiger charge is -2.09. The molecule has 0 bridgehead atoms. The molecule has 0 amide bonds. The van der Waals surface area contributed by atoms with Gasteiger partial charge >= 0.3 is 0 Å². The minimum absolute atomic E-state index is 0.713. The first-order chi connectivity index (χ1) is 8.43. The molecule has 0 spiro atoms. The van der Waals surface area contributed by atoms with Crippen molar-refractivity contribution in [2.45, 2.75) is 12.8 Å². The van der Waals surface area contributed by atoms with Gasteiger partial charge in [0.2, 0.25) is 0 Å². The third-order valence-corrected chi connectivity index (χ3v) is 3.23. The Hall–Kier alpha value is -1.69. The molecular formula is C11H16N6. The Morgan fingerprint density at radius 1 is 1.35 bits per heavy atom. The van der Waals surface area contributed by atoms with Crippen LogP contribution in [0, 0.1) is 5.92 Å². The maximum Gasteiger partial charge on any atom is 0.182 e. The first kappa shape index (κ1) is 10.5. The first-order valence-electron chi connectivity index (χ1n) is 6.02. The Labute approximate surface area is 99.3 Å². The molecule has 6 nitrogen and oxygen atoms in total. The number of rotatable bonds is 4. The summed E-state index contributed by atoms with van der Waals surface area (Å²) in [5, 5.41) is 6.73. The van der Waals surface area contributed by atoms with Crippen molar-refractivity contribution >= 4 is 17.0 Å². The minimum atomic E-state index is 0.713. The van der Waals surface area contributed by atoms with E-state index in [9.17, 15) is 0 Å². The van der Waals surface area contributed by atoms with Gasteiger partial charge in [0.25, 0.3) is 0 Å². The molecule has 3 N–H and O–H groups in total. The van der Waals surface area contributed by atoms with Gasteiger partial charge in [0, 0.05) is 6.54 Å². The fourth-order valence-corrected chi connectivity index (χ4v) is 2.25. The molecule has 1 unspecified atom stereocenters. The van der Waals surface area contributed by atoms with E-state index in [2.05, 4.69) is 30.6 Å². The zero-order valence-electron chi connectivity index (χ0n) is 9.61. The fourth-order valence-electron chi connectivity index (χ4n) is 2.25. The lowest BCUT2D eigenvalue weighted by molar-refractivity contribution is 0.549. The van der Waals surface area contributed by atoms with Crippen molar-refractivity contribution in [1.29, 1.82) is 0 Å². The average Bonchev–Trinajstić information content (AvgIpc) is 2.99. The highest BCUT2D eigenvalue weighted by molar-refractivity contribution is 5.81. The number of nitrogens with one attached hydrogen (secondary N) is 3. The quantitative estimate of drug-likeness (QED) is 0.725. The zero-order valence-corrected chi connectivity index (χ0v) is 9.61. The van der Waals surface area contributed by atoms with Crippen LogP contribution in [-0.2, 0) is 0 Å². The highest BCUT2D eigenvalue weighted by atomic mass is 15.1. The van der Waals surface area contributed by atoms with E-state index in [1.807, 2.05) is 0 Å². The summed E-state index contributed by atoms with van der Waals surface area (Å²) >= 11 is 0. The standard InChI is InChI=1S/C11H16N6/c1-3-12-5-8(1)2-4-13-10-9-11(15-6-14-9)17-7-16-10/h6-8,12H,1-5H2,(H2,13,14,15,16,17). The Bertz CT molecular complexity index is 487. The van der Waals surface area contributed by atoms with Crippen LogP contribution in [0.25, 0.3) is 11.2 Å². The summed E-state index contributed by atoms with van der Waals surface area (Å²) in [6, 6.07) is 0. The molecule has 1 saturated heterocycles. The highest BCUT2D eigenvalue weighted by Crippen LogP contribution is 2.16. The molecule has 6 heteroatoms. The van der Waals surface area contributed by atoms with Crippen molar-refractivity contribution in [1.82, 2.24) is 25.3 Å². The highest BCUT2D eigenvalue weighted by Gasteiger charge is 2.14. The molecule has 0 aromatic carbocycles. The SMILES string of the molecule is c1nc(NCCC2CCNC2)c2[nH]cnc2n1. The van der Waals surface area contributed by atoms with Gasteiger partial charge in [-0.3, -0.25) is 0 Å². The molecule has 1 atom stereocenters. The molecule has 3 rings (SSSR count). The van der Waals surface area contributed by atoms with E-state index < -0.39 is 0 Å². The fraction of sp³-hybridized carbons (Fsp3) is 0.545. The maximum atomic E-state index is 4.23. The molecule has 1 fully saturated rings. The lowest BCUT2D eigenvalue weighted by atomic mass is 10.1. The van der Waals surface area contributed by atoms with Crippen LogP contribution in [-0.4, -0.2) is 39.6 Å². The predicted octanol–water partition coefficient (Wildman–Crippen LogP) is 0.764. The second-order valence-electron chi connectivity index (χ2n) is 4.40. The number of anilines is 1. The van der Waals surface area contributed by atoms with Crippen LogP contribution in [0.2, 0.25) is 0 Å². The molecule has 0 saturated carbocycles. The van der Waals surface area contributed by atoms with Crippen molar-refractivity contribution in [3.05, 3.63) is 12.7 Å². The number of nitrogens with zero attached hydrogens (tertiary/aromatic N) is 3. The van der Waals surface area contributed by atoms with E-state index in [1.54, 1.807) is 12.7 Å². The molecule has 1 aliphatic rings. The number of hydrogen-bond donors (Lipinski definition) is 3. The summed E-state index contributed by atoms with van der Waals surface area (Å²) in [5.74, 6) is 1.64. The monoisotopic (exact) mass is 232 g/mol. The summed E-state index contributed by atoms with van der Waals surface area (Å²) in [6.45, 7) is 3.24. The van der Waals surface area contributed by atoms with E-state index in [0.717, 1.165) is 36.9 Å². The van der Waals surface area contributed by atoms with Crippen LogP contribution in [0.1, 0.15) is 12.8 Å². The van der Waals surface area contributed by atoms with Crippen molar-refractivity contribution in [2.24, 2.45) is 5.92 Å². The third-order valence-electron chi connectivity index (χ3n) is 3.23. The van der Waals surface area contributed by atoms with E-state index >= 15 is 0 Å². The normalized spacial score (nSPS) is 19.9. The van der Waals surface area contributed by atoms with Crippen LogP contribution in [0.5, 0.6) is 0 Å². The number of hydrogen-bond acceptors (Lipinski definition) is 5. The van der Waals surface area contributed by atoms with E-state index in [1.165, 1.54) is 12.8 Å². The van der Waals surface area contributed by atoms with Gasteiger partial charge in [0.15, 0.2) is 11.5 Å². The molecule has 0 radical (unpaired) electrons. The van der Waals surface area contributed by atoms with Gasteiger partial charge in [-0.15, -0.1) is 0 Å². The van der Waals surface area contributed by atoms with E-state index in [4.69, 9.17) is 0 Å². The first-order valence-corrected chi connectivity index (χ1v) is 6.02. The Morgan fingerprint density at radius 2 is 2.35 bits per heavy atom. The minimum Gasteiger partial charge on any atom is -0.368 e. The van der Waals surface area contributed by atoms with Gasteiger partial charge in [0.05, 0.1) is 6.33 Å². The number of aromatic amines is 1. The molecule has 0 aliphatic carbocycles. The summed E-state index contributed by atoms with van der Waals surface area (Å²) in [4.78, 5) is 15.5. The van der Waals surface area contributed by atoms with Gasteiger partial charge in [-0.25, -0.2) is 15.0 Å². The average molecular weight is 232 g/mol. The van der Waals surface area contributed by atoms with Crippen molar-refractivity contribution < 1.29 is 0 Å². The molecular weight excluding hydrogens is 216 g/mol. The predicted molar refractivity (Wildman–Crippen MR) is 65.8 cm³/mol. The Balaban J connectivity index is 1.62. The van der Waals surface area contributed by atoms with Gasteiger partial charge in [-0.1, -0.05) is 0 Å². The largest absolute Gasteiger partial charge is 0.368 e. The topological polar surface area (TPSA) is 78.5 Å². The summed E-state index contributed by atoms with van der Waals surface area (Å²) < 4.78 is 0. The number of imidazole rings is 1. The van der Waals surface area contributed by atoms with Gasteiger partial charge < -0.3 is 15.6 Å². The summed E-state index contributed by atoms with van der Waals surface area (Å²) in [7, 11) is 0. The summed E-state index contributed by atoms with van der Waals surface area (Å²) in [6.07, 6.45) is 5.64. The summed E-state index contributed by atoms with van der Waals surface area (Å²) in [5.41, 5.74) is 1.60. The van der Waals surface area contributed by atoms with Crippen molar-refractivity contribution in [3.8, 4) is 0 Å². The van der Waals surface area contributed by atoms with Crippen molar-refractivity contribution in [3.63, 3.8) is 0 Å². The second-order valence-corrected chi connectivity index (χ2v) is 4.40. The number of H-pyrrole nitrogens is 1.